The second kappa shape index (κ2) is 5.12. The van der Waals surface area contributed by atoms with Crippen molar-refractivity contribution in [3.8, 4) is 0 Å². The molecule has 0 aliphatic carbocycles. The summed E-state index contributed by atoms with van der Waals surface area (Å²) in [5.74, 6) is 0.719. The van der Waals surface area contributed by atoms with Crippen LogP contribution in [0.4, 0.5) is 0 Å². The first kappa shape index (κ1) is 11.8. The second-order valence-corrected chi connectivity index (χ2v) is 6.02. The van der Waals surface area contributed by atoms with E-state index in [-0.39, 0.29) is 0 Å². The van der Waals surface area contributed by atoms with E-state index >= 15 is 0 Å². The van der Waals surface area contributed by atoms with E-state index in [1.165, 1.54) is 11.3 Å². The van der Waals surface area contributed by atoms with Crippen LogP contribution < -0.4 is 0 Å². The highest BCUT2D eigenvalue weighted by Crippen LogP contribution is 2.30. The van der Waals surface area contributed by atoms with Crippen molar-refractivity contribution in [3.05, 3.63) is 39.0 Å². The first-order valence-electron chi connectivity index (χ1n) is 5.16. The molecule has 1 atom stereocenters. The number of aromatic nitrogens is 2. The van der Waals surface area contributed by atoms with Gasteiger partial charge in [0.2, 0.25) is 0 Å². The summed E-state index contributed by atoms with van der Waals surface area (Å²) >= 11 is 4.93. The van der Waals surface area contributed by atoms with Crippen molar-refractivity contribution in [3.63, 3.8) is 0 Å². The molecule has 0 aliphatic rings. The second-order valence-electron chi connectivity index (χ2n) is 3.52. The summed E-state index contributed by atoms with van der Waals surface area (Å²) in [4.78, 5) is 5.14. The quantitative estimate of drug-likeness (QED) is 0.941. The molecule has 5 heteroatoms. The fourth-order valence-electron chi connectivity index (χ4n) is 1.60. The van der Waals surface area contributed by atoms with Crippen molar-refractivity contribution in [2.75, 3.05) is 0 Å². The number of hydrogen-bond donors (Lipinski definition) is 1. The van der Waals surface area contributed by atoms with Crippen LogP contribution in [0.25, 0.3) is 0 Å². The summed E-state index contributed by atoms with van der Waals surface area (Å²) in [5.41, 5.74) is 0. The summed E-state index contributed by atoms with van der Waals surface area (Å²) in [7, 11) is 0. The number of halogens is 1. The third-order valence-electron chi connectivity index (χ3n) is 2.32. The van der Waals surface area contributed by atoms with Crippen molar-refractivity contribution in [2.24, 2.45) is 0 Å². The van der Waals surface area contributed by atoms with E-state index in [1.807, 2.05) is 22.9 Å². The van der Waals surface area contributed by atoms with E-state index in [1.54, 1.807) is 6.20 Å². The van der Waals surface area contributed by atoms with Gasteiger partial charge in [0.15, 0.2) is 0 Å². The lowest BCUT2D eigenvalue weighted by molar-refractivity contribution is 0.208. The molecule has 0 aromatic carbocycles. The SMILES string of the molecule is CCCn1ccnc1C(O)c1ccc(Br)s1. The predicted molar refractivity (Wildman–Crippen MR) is 68.6 cm³/mol. The van der Waals surface area contributed by atoms with Crippen molar-refractivity contribution >= 4 is 27.3 Å². The van der Waals surface area contributed by atoms with Crippen LogP contribution in [0, 0.1) is 0 Å². The summed E-state index contributed by atoms with van der Waals surface area (Å²) in [6.07, 6.45) is 4.05. The molecule has 86 valence electrons. The Labute approximate surface area is 107 Å². The van der Waals surface area contributed by atoms with Gasteiger partial charge in [-0.15, -0.1) is 11.3 Å². The molecule has 0 radical (unpaired) electrons. The molecule has 0 saturated carbocycles. The number of aliphatic hydroxyl groups is 1. The fourth-order valence-corrected chi connectivity index (χ4v) is 3.01. The van der Waals surface area contributed by atoms with Gasteiger partial charge in [-0.3, -0.25) is 0 Å². The standard InChI is InChI=1S/C11H13BrN2OS/c1-2-6-14-7-5-13-11(14)10(15)8-3-4-9(12)16-8/h3-5,7,10,15H,2,6H2,1H3. The molecule has 0 saturated heterocycles. The van der Waals surface area contributed by atoms with Crippen molar-refractivity contribution < 1.29 is 5.11 Å². The summed E-state index contributed by atoms with van der Waals surface area (Å²) in [5, 5.41) is 10.2. The van der Waals surface area contributed by atoms with Crippen LogP contribution in [0.2, 0.25) is 0 Å². The molecule has 2 aromatic heterocycles. The summed E-state index contributed by atoms with van der Waals surface area (Å²) < 4.78 is 3.02. The van der Waals surface area contributed by atoms with Crippen LogP contribution in [0.3, 0.4) is 0 Å². The molecule has 16 heavy (non-hydrogen) atoms. The Balaban J connectivity index is 2.26. The number of rotatable bonds is 4. The molecule has 2 rings (SSSR count). The summed E-state index contributed by atoms with van der Waals surface area (Å²) in [6, 6.07) is 3.86. The zero-order valence-corrected chi connectivity index (χ0v) is 11.3. The maximum absolute atomic E-state index is 10.2. The van der Waals surface area contributed by atoms with Gasteiger partial charge >= 0.3 is 0 Å². The van der Waals surface area contributed by atoms with Gasteiger partial charge in [0.1, 0.15) is 11.9 Å². The highest BCUT2D eigenvalue weighted by atomic mass is 79.9. The van der Waals surface area contributed by atoms with E-state index in [0.717, 1.165) is 27.5 Å². The molecule has 1 N–H and O–H groups in total. The minimum atomic E-state index is -0.627. The fraction of sp³-hybridized carbons (Fsp3) is 0.364. The zero-order valence-electron chi connectivity index (χ0n) is 8.93. The van der Waals surface area contributed by atoms with E-state index in [4.69, 9.17) is 0 Å². The Morgan fingerprint density at radius 1 is 1.56 bits per heavy atom. The van der Waals surface area contributed by atoms with Crippen LogP contribution in [-0.2, 0) is 6.54 Å². The third kappa shape index (κ3) is 2.36. The van der Waals surface area contributed by atoms with Gasteiger partial charge in [-0.2, -0.15) is 0 Å². The van der Waals surface area contributed by atoms with Gasteiger partial charge in [0.25, 0.3) is 0 Å². The molecule has 1 unspecified atom stereocenters. The Bertz CT molecular complexity index is 466. The Morgan fingerprint density at radius 3 is 3.00 bits per heavy atom. The average molecular weight is 301 g/mol. The van der Waals surface area contributed by atoms with Crippen molar-refractivity contribution in [1.29, 1.82) is 0 Å². The lowest BCUT2D eigenvalue weighted by Crippen LogP contribution is -2.08. The molecule has 0 amide bonds. The molecule has 2 aromatic rings. The molecular formula is C11H13BrN2OS. The highest BCUT2D eigenvalue weighted by Gasteiger charge is 2.17. The van der Waals surface area contributed by atoms with Crippen LogP contribution in [0.1, 0.15) is 30.2 Å². The third-order valence-corrected chi connectivity index (χ3v) is 4.00. The maximum atomic E-state index is 10.2. The van der Waals surface area contributed by atoms with E-state index in [9.17, 15) is 5.11 Å². The van der Waals surface area contributed by atoms with Gasteiger partial charge in [-0.1, -0.05) is 6.92 Å². The zero-order chi connectivity index (χ0) is 11.5. The van der Waals surface area contributed by atoms with Crippen LogP contribution in [0.15, 0.2) is 28.3 Å². The van der Waals surface area contributed by atoms with Crippen molar-refractivity contribution in [2.45, 2.75) is 26.0 Å². The monoisotopic (exact) mass is 300 g/mol. The highest BCUT2D eigenvalue weighted by molar-refractivity contribution is 9.11. The molecular weight excluding hydrogens is 288 g/mol. The minimum Gasteiger partial charge on any atom is -0.380 e. The number of aliphatic hydroxyl groups excluding tert-OH is 1. The first-order chi connectivity index (χ1) is 7.72. The topological polar surface area (TPSA) is 38.0 Å². The molecule has 0 bridgehead atoms. The molecule has 0 fully saturated rings. The Hall–Kier alpha value is -0.650. The average Bonchev–Trinajstić information content (AvgIpc) is 2.87. The number of aryl methyl sites for hydroxylation is 1. The Morgan fingerprint density at radius 2 is 2.38 bits per heavy atom. The van der Waals surface area contributed by atoms with Gasteiger partial charge in [-0.25, -0.2) is 4.98 Å². The lowest BCUT2D eigenvalue weighted by Gasteiger charge is -2.10. The summed E-state index contributed by atoms with van der Waals surface area (Å²) in [6.45, 7) is 3.00. The van der Waals surface area contributed by atoms with Gasteiger partial charge < -0.3 is 9.67 Å². The van der Waals surface area contributed by atoms with Gasteiger partial charge in [-0.05, 0) is 34.5 Å². The molecule has 3 nitrogen and oxygen atoms in total. The number of imidazole rings is 1. The largest absolute Gasteiger partial charge is 0.380 e. The first-order valence-corrected chi connectivity index (χ1v) is 6.77. The van der Waals surface area contributed by atoms with Crippen molar-refractivity contribution in [1.82, 2.24) is 9.55 Å². The van der Waals surface area contributed by atoms with Crippen LogP contribution >= 0.6 is 27.3 Å². The van der Waals surface area contributed by atoms with E-state index in [0.29, 0.717) is 0 Å². The normalized spacial score (nSPS) is 12.9. The molecule has 0 aliphatic heterocycles. The number of hydrogen-bond acceptors (Lipinski definition) is 3. The predicted octanol–water partition coefficient (Wildman–Crippen LogP) is 3.20. The number of thiophene rings is 1. The smallest absolute Gasteiger partial charge is 0.146 e. The van der Waals surface area contributed by atoms with Gasteiger partial charge in [0, 0.05) is 23.8 Å². The molecule has 2 heterocycles. The van der Waals surface area contributed by atoms with Crippen LogP contribution in [0.5, 0.6) is 0 Å². The van der Waals surface area contributed by atoms with E-state index < -0.39 is 6.10 Å². The molecule has 0 spiro atoms. The van der Waals surface area contributed by atoms with E-state index in [2.05, 4.69) is 27.8 Å². The Kier molecular flexibility index (Phi) is 3.78. The maximum Gasteiger partial charge on any atom is 0.146 e. The number of nitrogens with zero attached hydrogens (tertiary/aromatic N) is 2. The minimum absolute atomic E-state index is 0.627. The van der Waals surface area contributed by atoms with Crippen LogP contribution in [-0.4, -0.2) is 14.7 Å². The lowest BCUT2D eigenvalue weighted by atomic mass is 10.2. The van der Waals surface area contributed by atoms with Gasteiger partial charge in [0.05, 0.1) is 3.79 Å².